The van der Waals surface area contributed by atoms with Crippen LogP contribution in [0.5, 0.6) is 0 Å². The van der Waals surface area contributed by atoms with Crippen molar-refractivity contribution in [2.75, 3.05) is 7.11 Å². The smallest absolute Gasteiger partial charge is 0.305 e. The van der Waals surface area contributed by atoms with Crippen molar-refractivity contribution < 1.29 is 14.7 Å². The van der Waals surface area contributed by atoms with Crippen molar-refractivity contribution in [3.63, 3.8) is 0 Å². The van der Waals surface area contributed by atoms with Gasteiger partial charge in [0.1, 0.15) is 7.11 Å². The highest BCUT2D eigenvalue weighted by atomic mass is 79.9. The lowest BCUT2D eigenvalue weighted by Gasteiger charge is -2.22. The molecule has 1 aliphatic carbocycles. The van der Waals surface area contributed by atoms with Crippen LogP contribution < -0.4 is 0 Å². The number of nitrogens with zero attached hydrogens (tertiary/aromatic N) is 2. The van der Waals surface area contributed by atoms with E-state index in [-0.39, 0.29) is 6.42 Å². The zero-order valence-electron chi connectivity index (χ0n) is 14.3. The van der Waals surface area contributed by atoms with Crippen molar-refractivity contribution in [2.24, 2.45) is 11.1 Å². The van der Waals surface area contributed by atoms with Gasteiger partial charge >= 0.3 is 5.97 Å². The molecule has 1 aromatic carbocycles. The molecule has 0 saturated heterocycles. The molecule has 5 nitrogen and oxygen atoms in total. The van der Waals surface area contributed by atoms with Crippen molar-refractivity contribution in [1.29, 1.82) is 0 Å². The summed E-state index contributed by atoms with van der Waals surface area (Å²) >= 11 is 3.46. The first-order valence-electron chi connectivity index (χ1n) is 8.30. The SMILES string of the molecule is CO/N=C1/C[C@H](C)Cc2c1cc(-c1ccc(Br)cc1)n2CCC(=O)O. The minimum absolute atomic E-state index is 0.0930. The first kappa shape index (κ1) is 17.7. The largest absolute Gasteiger partial charge is 0.481 e. The standard InChI is InChI=1S/C19H21BrN2O3/c1-12-9-16(21-25-2)15-11-17(13-3-5-14(20)6-4-13)22(18(15)10-12)8-7-19(23)24/h3-6,11-12H,7-10H2,1-2H3,(H,23,24)/b21-16-/t12-/m0/s1. The van der Waals surface area contributed by atoms with Gasteiger partial charge in [0, 0.05) is 28.0 Å². The Hall–Kier alpha value is -2.08. The molecule has 1 heterocycles. The molecule has 2 aromatic rings. The van der Waals surface area contributed by atoms with E-state index in [0.29, 0.717) is 12.5 Å². The molecule has 0 spiro atoms. The van der Waals surface area contributed by atoms with Gasteiger partial charge in [-0.15, -0.1) is 0 Å². The number of rotatable bonds is 5. The average Bonchev–Trinajstić information content (AvgIpc) is 2.92. The minimum Gasteiger partial charge on any atom is -0.481 e. The lowest BCUT2D eigenvalue weighted by molar-refractivity contribution is -0.137. The van der Waals surface area contributed by atoms with Crippen molar-refractivity contribution in [3.8, 4) is 11.3 Å². The molecule has 132 valence electrons. The van der Waals surface area contributed by atoms with E-state index in [2.05, 4.69) is 38.6 Å². The summed E-state index contributed by atoms with van der Waals surface area (Å²) in [7, 11) is 1.56. The van der Waals surface area contributed by atoms with Crippen LogP contribution in [0, 0.1) is 5.92 Å². The number of hydrogen-bond acceptors (Lipinski definition) is 3. The third-order valence-electron chi connectivity index (χ3n) is 4.49. The van der Waals surface area contributed by atoms with Crippen molar-refractivity contribution in [3.05, 3.63) is 46.1 Å². The zero-order chi connectivity index (χ0) is 18.0. The lowest BCUT2D eigenvalue weighted by atomic mass is 9.87. The number of halogens is 1. The Balaban J connectivity index is 2.13. The summed E-state index contributed by atoms with van der Waals surface area (Å²) in [5.74, 6) is -0.350. The van der Waals surface area contributed by atoms with Gasteiger partial charge in [-0.3, -0.25) is 4.79 Å². The van der Waals surface area contributed by atoms with Gasteiger partial charge in [-0.05, 0) is 42.5 Å². The molecule has 1 aromatic heterocycles. The molecule has 0 saturated carbocycles. The maximum absolute atomic E-state index is 11.1. The maximum atomic E-state index is 11.1. The second-order valence-electron chi connectivity index (χ2n) is 6.43. The number of carboxylic acids is 1. The molecule has 0 bridgehead atoms. The Bertz CT molecular complexity index is 809. The summed E-state index contributed by atoms with van der Waals surface area (Å²) in [5.41, 5.74) is 5.24. The third kappa shape index (κ3) is 3.79. The Morgan fingerprint density at radius 2 is 2.08 bits per heavy atom. The van der Waals surface area contributed by atoms with Crippen molar-refractivity contribution >= 4 is 27.6 Å². The topological polar surface area (TPSA) is 63.8 Å². The summed E-state index contributed by atoms with van der Waals surface area (Å²) in [4.78, 5) is 16.2. The molecule has 0 fully saturated rings. The second-order valence-corrected chi connectivity index (χ2v) is 7.34. The van der Waals surface area contributed by atoms with E-state index in [1.165, 1.54) is 0 Å². The molecule has 1 N–H and O–H groups in total. The van der Waals surface area contributed by atoms with E-state index >= 15 is 0 Å². The van der Waals surface area contributed by atoms with Crippen LogP contribution in [0.1, 0.15) is 31.0 Å². The molecule has 0 unspecified atom stereocenters. The van der Waals surface area contributed by atoms with E-state index in [0.717, 1.165) is 45.5 Å². The average molecular weight is 405 g/mol. The Morgan fingerprint density at radius 1 is 1.36 bits per heavy atom. The van der Waals surface area contributed by atoms with Gasteiger partial charge in [0.05, 0.1) is 12.1 Å². The van der Waals surface area contributed by atoms with Gasteiger partial charge in [0.15, 0.2) is 0 Å². The number of carboxylic acid groups (broad SMARTS) is 1. The minimum atomic E-state index is -0.793. The molecule has 3 rings (SSSR count). The van der Waals surface area contributed by atoms with Crippen molar-refractivity contribution in [2.45, 2.75) is 32.7 Å². The number of aliphatic carboxylic acids is 1. The fourth-order valence-corrected chi connectivity index (χ4v) is 3.68. The number of hydrogen-bond donors (Lipinski definition) is 1. The van der Waals surface area contributed by atoms with E-state index in [9.17, 15) is 4.79 Å². The Labute approximate surface area is 155 Å². The normalized spacial score (nSPS) is 18.2. The summed E-state index contributed by atoms with van der Waals surface area (Å²) in [5, 5.41) is 13.4. The van der Waals surface area contributed by atoms with Gasteiger partial charge in [-0.25, -0.2) is 0 Å². The first-order chi connectivity index (χ1) is 12.0. The van der Waals surface area contributed by atoms with Crippen LogP contribution in [-0.4, -0.2) is 28.5 Å². The van der Waals surface area contributed by atoms with E-state index in [1.54, 1.807) is 7.11 Å². The molecule has 6 heteroatoms. The Morgan fingerprint density at radius 3 is 2.72 bits per heavy atom. The molecule has 0 amide bonds. The fraction of sp³-hybridized carbons (Fsp3) is 0.368. The van der Waals surface area contributed by atoms with Crippen LogP contribution in [0.2, 0.25) is 0 Å². The lowest BCUT2D eigenvalue weighted by Crippen LogP contribution is -2.21. The second kappa shape index (κ2) is 7.44. The molecule has 1 aliphatic rings. The van der Waals surface area contributed by atoms with Gasteiger partial charge in [-0.1, -0.05) is 40.1 Å². The summed E-state index contributed by atoms with van der Waals surface area (Å²) in [6.45, 7) is 2.63. The van der Waals surface area contributed by atoms with Crippen molar-refractivity contribution in [1.82, 2.24) is 4.57 Å². The fourth-order valence-electron chi connectivity index (χ4n) is 3.42. The predicted molar refractivity (Wildman–Crippen MR) is 101 cm³/mol. The van der Waals surface area contributed by atoms with Gasteiger partial charge in [0.2, 0.25) is 0 Å². The van der Waals surface area contributed by atoms with Crippen LogP contribution in [0.4, 0.5) is 0 Å². The molecular formula is C19H21BrN2O3. The third-order valence-corrected chi connectivity index (χ3v) is 5.02. The highest BCUT2D eigenvalue weighted by Gasteiger charge is 2.27. The number of fused-ring (bicyclic) bond motifs is 1. The molecule has 0 aliphatic heterocycles. The molecule has 0 radical (unpaired) electrons. The van der Waals surface area contributed by atoms with Gasteiger partial charge in [0.25, 0.3) is 0 Å². The first-order valence-corrected chi connectivity index (χ1v) is 9.09. The van der Waals surface area contributed by atoms with Crippen LogP contribution >= 0.6 is 15.9 Å². The predicted octanol–water partition coefficient (Wildman–Crippen LogP) is 4.33. The summed E-state index contributed by atoms with van der Waals surface area (Å²) in [6, 6.07) is 10.2. The number of aromatic nitrogens is 1. The number of benzene rings is 1. The zero-order valence-corrected chi connectivity index (χ0v) is 15.9. The number of oxime groups is 1. The van der Waals surface area contributed by atoms with Crippen LogP contribution in [-0.2, 0) is 22.6 Å². The van der Waals surface area contributed by atoms with E-state index in [1.807, 2.05) is 24.3 Å². The molecule has 25 heavy (non-hydrogen) atoms. The van der Waals surface area contributed by atoms with Crippen LogP contribution in [0.25, 0.3) is 11.3 Å². The monoisotopic (exact) mass is 404 g/mol. The van der Waals surface area contributed by atoms with E-state index in [4.69, 9.17) is 9.94 Å². The van der Waals surface area contributed by atoms with Gasteiger partial charge in [-0.2, -0.15) is 0 Å². The maximum Gasteiger partial charge on any atom is 0.305 e. The summed E-state index contributed by atoms with van der Waals surface area (Å²) in [6.07, 6.45) is 1.87. The highest BCUT2D eigenvalue weighted by molar-refractivity contribution is 9.10. The van der Waals surface area contributed by atoms with Gasteiger partial charge < -0.3 is 14.5 Å². The highest BCUT2D eigenvalue weighted by Crippen LogP contribution is 2.34. The van der Waals surface area contributed by atoms with Crippen LogP contribution in [0.15, 0.2) is 40.0 Å². The number of carbonyl (C=O) groups is 1. The quantitative estimate of drug-likeness (QED) is 0.754. The summed E-state index contributed by atoms with van der Waals surface area (Å²) < 4.78 is 3.15. The molecular weight excluding hydrogens is 384 g/mol. The van der Waals surface area contributed by atoms with E-state index < -0.39 is 5.97 Å². The molecule has 1 atom stereocenters. The Kier molecular flexibility index (Phi) is 5.27. The van der Waals surface area contributed by atoms with Crippen LogP contribution in [0.3, 0.4) is 0 Å².